The maximum absolute atomic E-state index is 13.2. The third kappa shape index (κ3) is 31.7. The van der Waals surface area contributed by atoms with Gasteiger partial charge in [-0.3, -0.25) is 4.79 Å². The van der Waals surface area contributed by atoms with E-state index < -0.39 is 86.8 Å². The van der Waals surface area contributed by atoms with Crippen molar-refractivity contribution in [3.8, 4) is 0 Å². The van der Waals surface area contributed by atoms with Gasteiger partial charge >= 0.3 is 0 Å². The minimum absolute atomic E-state index is 0.207. The first kappa shape index (κ1) is 67.8. The molecule has 0 aliphatic carbocycles. The van der Waals surface area contributed by atoms with Crippen LogP contribution in [-0.4, -0.2) is 140 Å². The number of aliphatic hydroxyl groups excluding tert-OH is 8. The van der Waals surface area contributed by atoms with Crippen molar-refractivity contribution < 1.29 is 64.6 Å². The third-order valence-corrected chi connectivity index (χ3v) is 15.2. The number of amides is 1. The second-order valence-electron chi connectivity index (χ2n) is 21.8. The molecule has 0 aromatic rings. The topological polar surface area (TPSA) is 228 Å². The summed E-state index contributed by atoms with van der Waals surface area (Å²) in [6.45, 7) is 2.80. The maximum atomic E-state index is 13.2. The summed E-state index contributed by atoms with van der Waals surface area (Å²) in [6.07, 6.45) is 35.9. The van der Waals surface area contributed by atoms with Gasteiger partial charge in [-0.1, -0.05) is 231 Å². The summed E-state index contributed by atoms with van der Waals surface area (Å²) in [5, 5.41) is 86.7. The largest absolute Gasteiger partial charge is 0.394 e. The second kappa shape index (κ2) is 45.7. The van der Waals surface area contributed by atoms with Crippen molar-refractivity contribution in [1.82, 2.24) is 5.32 Å². The maximum Gasteiger partial charge on any atom is 0.220 e. The fraction of sp³-hybridized carbons (Fsp3) is 0.949. The smallest absolute Gasteiger partial charge is 0.220 e. The fourth-order valence-corrected chi connectivity index (χ4v) is 10.3. The van der Waals surface area contributed by atoms with E-state index in [1.807, 2.05) is 0 Å². The molecule has 0 aromatic heterocycles. The molecule has 0 aromatic carbocycles. The van der Waals surface area contributed by atoms with Crippen molar-refractivity contribution in [2.45, 2.75) is 338 Å². The van der Waals surface area contributed by atoms with E-state index in [0.29, 0.717) is 12.8 Å². The number of unbranched alkanes of at least 4 members (excludes halogenated alkanes) is 34. The van der Waals surface area contributed by atoms with Gasteiger partial charge in [0.2, 0.25) is 5.91 Å². The Kier molecular flexibility index (Phi) is 42.5. The van der Waals surface area contributed by atoms with Crippen molar-refractivity contribution in [1.29, 1.82) is 0 Å². The summed E-state index contributed by atoms with van der Waals surface area (Å²) in [5.41, 5.74) is 0. The van der Waals surface area contributed by atoms with Crippen molar-refractivity contribution in [2.24, 2.45) is 0 Å². The van der Waals surface area contributed by atoms with Gasteiger partial charge in [-0.2, -0.15) is 0 Å². The number of ether oxygens (including phenoxy) is 4. The van der Waals surface area contributed by atoms with Crippen LogP contribution in [0.15, 0.2) is 12.2 Å². The summed E-state index contributed by atoms with van der Waals surface area (Å²) in [7, 11) is 0. The number of carbonyl (C=O) groups excluding carboxylic acids is 1. The van der Waals surface area contributed by atoms with Crippen LogP contribution in [0.5, 0.6) is 0 Å². The summed E-state index contributed by atoms with van der Waals surface area (Å²) < 4.78 is 22.7. The zero-order valence-corrected chi connectivity index (χ0v) is 46.4. The Balaban J connectivity index is 1.53. The van der Waals surface area contributed by atoms with E-state index in [-0.39, 0.29) is 12.5 Å². The number of carbonyl (C=O) groups is 1. The highest BCUT2D eigenvalue weighted by Gasteiger charge is 2.51. The molecule has 14 nitrogen and oxygen atoms in total. The minimum Gasteiger partial charge on any atom is -0.394 e. The third-order valence-electron chi connectivity index (χ3n) is 15.2. The van der Waals surface area contributed by atoms with Gasteiger partial charge in [-0.05, 0) is 38.5 Å². The monoisotopic (exact) mass is 1040 g/mol. The summed E-state index contributed by atoms with van der Waals surface area (Å²) in [4.78, 5) is 13.2. The molecular formula is C59H113NO13. The Labute approximate surface area is 444 Å². The highest BCUT2D eigenvalue weighted by molar-refractivity contribution is 5.76. The number of nitrogens with one attached hydrogen (secondary N) is 1. The number of rotatable bonds is 49. The molecule has 0 saturated carbocycles. The zero-order valence-electron chi connectivity index (χ0n) is 46.4. The number of hydrogen-bond donors (Lipinski definition) is 9. The lowest BCUT2D eigenvalue weighted by Crippen LogP contribution is -2.65. The van der Waals surface area contributed by atoms with Gasteiger partial charge in [-0.25, -0.2) is 0 Å². The van der Waals surface area contributed by atoms with Gasteiger partial charge < -0.3 is 65.1 Å². The van der Waals surface area contributed by atoms with Gasteiger partial charge in [0.1, 0.15) is 48.8 Å². The van der Waals surface area contributed by atoms with Crippen LogP contribution in [0.4, 0.5) is 0 Å². The number of allylic oxidation sites excluding steroid dienone is 2. The van der Waals surface area contributed by atoms with Crippen molar-refractivity contribution in [3.63, 3.8) is 0 Å². The molecule has 14 heteroatoms. The SMILES string of the molecule is CCCCCCCCCC/C=C\CCCCCCCCCCCCCCCCCCCCCCCC(=O)NC(COC1OC(CO)C(OC2OC(CO)C(O)C(O)C2O)C(O)C1O)C(O)CCCCCCCC. The van der Waals surface area contributed by atoms with Gasteiger partial charge in [0.25, 0.3) is 0 Å². The summed E-state index contributed by atoms with van der Waals surface area (Å²) >= 11 is 0. The van der Waals surface area contributed by atoms with Crippen LogP contribution < -0.4 is 5.32 Å². The molecule has 12 atom stereocenters. The molecule has 2 saturated heterocycles. The Morgan fingerprint density at radius 2 is 0.863 bits per heavy atom. The quantitative estimate of drug-likeness (QED) is 0.0204. The lowest BCUT2D eigenvalue weighted by Gasteiger charge is -2.46. The lowest BCUT2D eigenvalue weighted by atomic mass is 9.97. The van der Waals surface area contributed by atoms with Gasteiger partial charge in [0.15, 0.2) is 12.6 Å². The first-order valence-corrected chi connectivity index (χ1v) is 30.4. The standard InChI is InChI=1S/C59H113NO13/c1-3-5-7-9-11-12-13-14-15-16-17-18-19-20-21-22-23-24-25-26-27-28-29-30-31-32-33-34-35-36-37-39-41-43-51(64)60-47(48(63)42-40-38-10-8-6-4-2)46-70-58-56(69)54(67)57(50(45-62)72-58)73-59-55(68)53(66)52(65)49(44-61)71-59/h16-17,47-50,52-59,61-63,65-69H,3-15,18-46H2,1-2H3,(H,60,64)/b17-16-. The van der Waals surface area contributed by atoms with E-state index in [2.05, 4.69) is 31.3 Å². The Bertz CT molecular complexity index is 1280. The summed E-state index contributed by atoms with van der Waals surface area (Å²) in [6, 6.07) is -0.821. The van der Waals surface area contributed by atoms with Crippen molar-refractivity contribution >= 4 is 5.91 Å². The molecule has 12 unspecified atom stereocenters. The van der Waals surface area contributed by atoms with Crippen LogP contribution in [0.3, 0.4) is 0 Å². The van der Waals surface area contributed by atoms with Crippen molar-refractivity contribution in [2.75, 3.05) is 19.8 Å². The molecular weight excluding hydrogens is 931 g/mol. The summed E-state index contributed by atoms with van der Waals surface area (Å²) in [5.74, 6) is -0.207. The highest BCUT2D eigenvalue weighted by Crippen LogP contribution is 2.30. The zero-order chi connectivity index (χ0) is 53.2. The molecule has 0 bridgehead atoms. The van der Waals surface area contributed by atoms with E-state index in [9.17, 15) is 45.6 Å². The van der Waals surface area contributed by atoms with Gasteiger partial charge in [0.05, 0.1) is 32.0 Å². The molecule has 1 amide bonds. The van der Waals surface area contributed by atoms with Crippen LogP contribution in [0, 0.1) is 0 Å². The van der Waals surface area contributed by atoms with Crippen LogP contribution >= 0.6 is 0 Å². The molecule has 2 aliphatic rings. The number of hydrogen-bond acceptors (Lipinski definition) is 13. The lowest BCUT2D eigenvalue weighted by molar-refractivity contribution is -0.359. The predicted molar refractivity (Wildman–Crippen MR) is 291 cm³/mol. The molecule has 0 spiro atoms. The molecule has 2 fully saturated rings. The van der Waals surface area contributed by atoms with Crippen LogP contribution in [-0.2, 0) is 23.7 Å². The van der Waals surface area contributed by atoms with Crippen LogP contribution in [0.2, 0.25) is 0 Å². The Hall–Kier alpha value is -1.27. The molecule has 432 valence electrons. The van der Waals surface area contributed by atoms with Crippen LogP contribution in [0.1, 0.15) is 264 Å². The van der Waals surface area contributed by atoms with Gasteiger partial charge in [-0.15, -0.1) is 0 Å². The van der Waals surface area contributed by atoms with E-state index in [0.717, 1.165) is 64.2 Å². The van der Waals surface area contributed by atoms with Crippen LogP contribution in [0.25, 0.3) is 0 Å². The minimum atomic E-state index is -1.78. The first-order valence-electron chi connectivity index (χ1n) is 30.4. The molecule has 2 aliphatic heterocycles. The Morgan fingerprint density at radius 3 is 1.30 bits per heavy atom. The second-order valence-corrected chi connectivity index (χ2v) is 21.8. The normalized spacial score (nSPS) is 25.4. The Morgan fingerprint density at radius 1 is 0.479 bits per heavy atom. The molecule has 2 heterocycles. The predicted octanol–water partition coefficient (Wildman–Crippen LogP) is 10.3. The van der Waals surface area contributed by atoms with Crippen molar-refractivity contribution in [3.05, 3.63) is 12.2 Å². The molecule has 2 rings (SSSR count). The highest BCUT2D eigenvalue weighted by atomic mass is 16.7. The molecule has 9 N–H and O–H groups in total. The molecule has 0 radical (unpaired) electrons. The first-order chi connectivity index (χ1) is 35.6. The average Bonchev–Trinajstić information content (AvgIpc) is 3.39. The average molecular weight is 1040 g/mol. The molecule has 73 heavy (non-hydrogen) atoms. The van der Waals surface area contributed by atoms with E-state index in [4.69, 9.17) is 18.9 Å². The van der Waals surface area contributed by atoms with E-state index in [1.54, 1.807) is 0 Å². The van der Waals surface area contributed by atoms with E-state index >= 15 is 0 Å². The fourth-order valence-electron chi connectivity index (χ4n) is 10.3. The van der Waals surface area contributed by atoms with Gasteiger partial charge in [0, 0.05) is 6.42 Å². The number of aliphatic hydroxyl groups is 8. The van der Waals surface area contributed by atoms with E-state index in [1.165, 1.54) is 173 Å².